The second kappa shape index (κ2) is 6.22. The highest BCUT2D eigenvalue weighted by atomic mass is 35.5. The fourth-order valence-corrected chi connectivity index (χ4v) is 2.79. The van der Waals surface area contributed by atoms with E-state index >= 15 is 0 Å². The van der Waals surface area contributed by atoms with Crippen LogP contribution in [0.1, 0.15) is 36.0 Å². The van der Waals surface area contributed by atoms with Gasteiger partial charge in [-0.25, -0.2) is 4.39 Å². The predicted octanol–water partition coefficient (Wildman–Crippen LogP) is 4.33. The zero-order valence-electron chi connectivity index (χ0n) is 11.0. The van der Waals surface area contributed by atoms with Crippen LogP contribution in [0.2, 0.25) is 5.02 Å². The van der Waals surface area contributed by atoms with Gasteiger partial charge in [0.2, 0.25) is 0 Å². The van der Waals surface area contributed by atoms with Gasteiger partial charge in [0.05, 0.1) is 11.5 Å². The van der Waals surface area contributed by atoms with E-state index in [9.17, 15) is 22.4 Å². The molecule has 1 fully saturated rings. The zero-order chi connectivity index (χ0) is 15.6. The Morgan fingerprint density at radius 2 is 1.90 bits per heavy atom. The molecule has 2 nitrogen and oxygen atoms in total. The smallest absolute Gasteiger partial charge is 0.349 e. The van der Waals surface area contributed by atoms with Gasteiger partial charge < -0.3 is 5.32 Å². The summed E-state index contributed by atoms with van der Waals surface area (Å²) in [5.74, 6) is -3.26. The lowest BCUT2D eigenvalue weighted by molar-refractivity contribution is -0.187. The van der Waals surface area contributed by atoms with Crippen LogP contribution < -0.4 is 5.32 Å². The predicted molar refractivity (Wildman–Crippen MR) is 70.7 cm³/mol. The summed E-state index contributed by atoms with van der Waals surface area (Å²) < 4.78 is 52.4. The Balaban J connectivity index is 2.15. The summed E-state index contributed by atoms with van der Waals surface area (Å²) in [6.07, 6.45) is -3.08. The number of carbonyl (C=O) groups excluding carboxylic acids is 1. The molecule has 1 aromatic rings. The van der Waals surface area contributed by atoms with E-state index in [0.29, 0.717) is 12.8 Å². The summed E-state index contributed by atoms with van der Waals surface area (Å²) in [6.45, 7) is 0. The lowest BCUT2D eigenvalue weighted by Gasteiger charge is -2.33. The van der Waals surface area contributed by atoms with E-state index in [1.54, 1.807) is 0 Å². The number of alkyl halides is 3. The van der Waals surface area contributed by atoms with E-state index in [0.717, 1.165) is 12.1 Å². The van der Waals surface area contributed by atoms with Crippen LogP contribution in [0.3, 0.4) is 0 Å². The van der Waals surface area contributed by atoms with Crippen LogP contribution in [-0.2, 0) is 0 Å². The van der Waals surface area contributed by atoms with Crippen molar-refractivity contribution in [3.63, 3.8) is 0 Å². The van der Waals surface area contributed by atoms with Gasteiger partial charge in [0.1, 0.15) is 5.82 Å². The van der Waals surface area contributed by atoms with Gasteiger partial charge in [-0.15, -0.1) is 0 Å². The van der Waals surface area contributed by atoms with E-state index in [4.69, 9.17) is 11.6 Å². The van der Waals surface area contributed by atoms with Gasteiger partial charge in [0.25, 0.3) is 5.91 Å². The molecular weight excluding hydrogens is 310 g/mol. The quantitative estimate of drug-likeness (QED) is 0.806. The van der Waals surface area contributed by atoms with Gasteiger partial charge in [-0.2, -0.15) is 13.2 Å². The summed E-state index contributed by atoms with van der Waals surface area (Å²) in [4.78, 5) is 12.0. The molecule has 0 bridgehead atoms. The fourth-order valence-electron chi connectivity index (χ4n) is 2.61. The monoisotopic (exact) mass is 323 g/mol. The van der Waals surface area contributed by atoms with Crippen molar-refractivity contribution in [3.8, 4) is 0 Å². The number of amides is 1. The molecule has 0 saturated heterocycles. The molecule has 0 spiro atoms. The molecule has 0 heterocycles. The van der Waals surface area contributed by atoms with Gasteiger partial charge in [0.15, 0.2) is 0 Å². The highest BCUT2D eigenvalue weighted by molar-refractivity contribution is 6.31. The fraction of sp³-hybridized carbons (Fsp3) is 0.500. The van der Waals surface area contributed by atoms with Crippen LogP contribution in [0.5, 0.6) is 0 Å². The third-order valence-corrected chi connectivity index (χ3v) is 3.91. The molecule has 2 rings (SSSR count). The lowest BCUT2D eigenvalue weighted by atomic mass is 9.84. The van der Waals surface area contributed by atoms with Crippen LogP contribution in [0.4, 0.5) is 17.6 Å². The van der Waals surface area contributed by atoms with Crippen molar-refractivity contribution in [2.75, 3.05) is 0 Å². The number of benzene rings is 1. The van der Waals surface area contributed by atoms with Gasteiger partial charge in [-0.1, -0.05) is 24.4 Å². The first kappa shape index (κ1) is 16.1. The van der Waals surface area contributed by atoms with Crippen molar-refractivity contribution in [3.05, 3.63) is 34.6 Å². The Labute approximate surface area is 124 Å². The van der Waals surface area contributed by atoms with E-state index < -0.39 is 29.9 Å². The second-order valence-corrected chi connectivity index (χ2v) is 5.57. The molecule has 1 aliphatic rings. The van der Waals surface area contributed by atoms with Crippen molar-refractivity contribution in [1.29, 1.82) is 0 Å². The topological polar surface area (TPSA) is 29.1 Å². The Morgan fingerprint density at radius 3 is 2.57 bits per heavy atom. The third-order valence-electron chi connectivity index (χ3n) is 3.68. The number of carbonyl (C=O) groups is 1. The molecule has 116 valence electrons. The Kier molecular flexibility index (Phi) is 4.76. The number of hydrogen-bond acceptors (Lipinski definition) is 1. The first-order valence-electron chi connectivity index (χ1n) is 6.61. The highest BCUT2D eigenvalue weighted by Gasteiger charge is 2.46. The maximum Gasteiger partial charge on any atom is 0.393 e. The third kappa shape index (κ3) is 3.87. The highest BCUT2D eigenvalue weighted by Crippen LogP contribution is 2.37. The molecule has 2 atom stereocenters. The molecule has 1 N–H and O–H groups in total. The molecule has 7 heteroatoms. The second-order valence-electron chi connectivity index (χ2n) is 5.14. The molecular formula is C14H14ClF4NO. The minimum absolute atomic E-state index is 0.0214. The van der Waals surface area contributed by atoms with Crippen LogP contribution in [0.25, 0.3) is 0 Å². The summed E-state index contributed by atoms with van der Waals surface area (Å²) in [5, 5.41) is 2.45. The lowest BCUT2D eigenvalue weighted by Crippen LogP contribution is -2.47. The standard InChI is InChI=1S/C14H14ClF4NO/c15-8-5-6-11(16)9(7-8)13(21)20-12-4-2-1-3-10(12)14(17,18)19/h5-7,10,12H,1-4H2,(H,20,21). The summed E-state index contributed by atoms with van der Waals surface area (Å²) in [7, 11) is 0. The molecule has 0 aliphatic heterocycles. The number of halogens is 5. The minimum Gasteiger partial charge on any atom is -0.349 e. The number of hydrogen-bond donors (Lipinski definition) is 1. The van der Waals surface area contributed by atoms with Gasteiger partial charge in [0, 0.05) is 11.1 Å². The van der Waals surface area contributed by atoms with Crippen LogP contribution in [-0.4, -0.2) is 18.1 Å². The largest absolute Gasteiger partial charge is 0.393 e. The first-order valence-corrected chi connectivity index (χ1v) is 6.99. The van der Waals surface area contributed by atoms with Crippen molar-refractivity contribution >= 4 is 17.5 Å². The van der Waals surface area contributed by atoms with Gasteiger partial charge in [-0.3, -0.25) is 4.79 Å². The molecule has 0 radical (unpaired) electrons. The van der Waals surface area contributed by atoms with E-state index in [1.165, 1.54) is 6.07 Å². The van der Waals surface area contributed by atoms with Crippen LogP contribution in [0.15, 0.2) is 18.2 Å². The van der Waals surface area contributed by atoms with Crippen molar-refractivity contribution in [2.24, 2.45) is 5.92 Å². The van der Waals surface area contributed by atoms with E-state index in [-0.39, 0.29) is 23.4 Å². The van der Waals surface area contributed by atoms with Crippen molar-refractivity contribution in [1.82, 2.24) is 5.32 Å². The number of rotatable bonds is 2. The van der Waals surface area contributed by atoms with Crippen molar-refractivity contribution < 1.29 is 22.4 Å². The van der Waals surface area contributed by atoms with Crippen LogP contribution in [0, 0.1) is 11.7 Å². The maximum absolute atomic E-state index is 13.6. The summed E-state index contributed by atoms with van der Waals surface area (Å²) in [6, 6.07) is 2.37. The summed E-state index contributed by atoms with van der Waals surface area (Å²) in [5.41, 5.74) is -0.339. The maximum atomic E-state index is 13.6. The Hall–Kier alpha value is -1.30. The average Bonchev–Trinajstić information content (AvgIpc) is 2.41. The van der Waals surface area contributed by atoms with Gasteiger partial charge >= 0.3 is 6.18 Å². The zero-order valence-corrected chi connectivity index (χ0v) is 11.8. The van der Waals surface area contributed by atoms with Crippen molar-refractivity contribution in [2.45, 2.75) is 37.9 Å². The molecule has 2 unspecified atom stereocenters. The molecule has 1 amide bonds. The van der Waals surface area contributed by atoms with Gasteiger partial charge in [-0.05, 0) is 31.0 Å². The normalized spacial score (nSPS) is 22.9. The average molecular weight is 324 g/mol. The van der Waals surface area contributed by atoms with E-state index in [2.05, 4.69) is 5.32 Å². The Morgan fingerprint density at radius 1 is 1.24 bits per heavy atom. The molecule has 1 saturated carbocycles. The Bertz CT molecular complexity index is 532. The first-order chi connectivity index (χ1) is 9.79. The molecule has 0 aromatic heterocycles. The number of nitrogens with one attached hydrogen (secondary N) is 1. The molecule has 21 heavy (non-hydrogen) atoms. The molecule has 1 aliphatic carbocycles. The van der Waals surface area contributed by atoms with Crippen LogP contribution >= 0.6 is 11.6 Å². The minimum atomic E-state index is -4.37. The SMILES string of the molecule is O=C(NC1CCCCC1C(F)(F)F)c1cc(Cl)ccc1F. The summed E-state index contributed by atoms with van der Waals surface area (Å²) >= 11 is 5.68. The molecule has 1 aromatic carbocycles. The van der Waals surface area contributed by atoms with E-state index in [1.807, 2.05) is 0 Å².